The summed E-state index contributed by atoms with van der Waals surface area (Å²) in [5, 5.41) is 0. The van der Waals surface area contributed by atoms with Gasteiger partial charge in [0.15, 0.2) is 0 Å². The van der Waals surface area contributed by atoms with Crippen molar-refractivity contribution in [3.05, 3.63) is 14.4 Å². The summed E-state index contributed by atoms with van der Waals surface area (Å²) in [7, 11) is 0. The van der Waals surface area contributed by atoms with Crippen LogP contribution in [-0.2, 0) is 37.5 Å². The first kappa shape index (κ1) is 18.4. The molecule has 0 aromatic heterocycles. The van der Waals surface area contributed by atoms with E-state index in [9.17, 15) is 4.79 Å². The molecule has 2 nitrogen and oxygen atoms in total. The molecule has 0 amide bonds. The van der Waals surface area contributed by atoms with Gasteiger partial charge in [0, 0.05) is 44.5 Å². The van der Waals surface area contributed by atoms with Gasteiger partial charge >= 0.3 is 0 Å². The van der Waals surface area contributed by atoms with E-state index in [1.807, 2.05) is 0 Å². The van der Waals surface area contributed by atoms with Crippen LogP contribution in [0.25, 0.3) is 0 Å². The topological polar surface area (TPSA) is 43.1 Å². The third kappa shape index (κ3) is 10.6. The SMILES string of the molecule is [CH2-]C(=O)[C@@H](N)CCCCC.[CH3-].[Y]. The molecule has 0 spiro atoms. The van der Waals surface area contributed by atoms with Crippen LogP contribution in [0.3, 0.4) is 0 Å². The van der Waals surface area contributed by atoms with E-state index in [4.69, 9.17) is 5.73 Å². The fourth-order valence-corrected chi connectivity index (χ4v) is 0.775. The van der Waals surface area contributed by atoms with Crippen molar-refractivity contribution >= 4 is 5.78 Å². The molecule has 0 unspecified atom stereocenters. The van der Waals surface area contributed by atoms with Crippen LogP contribution < -0.4 is 5.73 Å². The molecule has 0 bridgehead atoms. The van der Waals surface area contributed by atoms with E-state index in [2.05, 4.69) is 13.8 Å². The number of carbonyl (C=O) groups is 1. The Hall–Kier alpha value is 0.604. The monoisotopic (exact) mass is 246 g/mol. The van der Waals surface area contributed by atoms with Crippen LogP contribution in [-0.4, -0.2) is 11.8 Å². The number of nitrogens with two attached hydrogens (primary N) is 1. The number of hydrogen-bond acceptors (Lipinski definition) is 2. The van der Waals surface area contributed by atoms with E-state index in [-0.39, 0.29) is 52.0 Å². The van der Waals surface area contributed by atoms with Crippen LogP contribution in [0.2, 0.25) is 0 Å². The van der Waals surface area contributed by atoms with Crippen molar-refractivity contribution in [1.82, 2.24) is 0 Å². The van der Waals surface area contributed by atoms with Gasteiger partial charge in [-0.3, -0.25) is 0 Å². The first-order chi connectivity index (χ1) is 4.68. The molecule has 1 atom stereocenters. The summed E-state index contributed by atoms with van der Waals surface area (Å²) < 4.78 is 0. The van der Waals surface area contributed by atoms with Gasteiger partial charge < -0.3 is 24.9 Å². The van der Waals surface area contributed by atoms with E-state index in [1.54, 1.807) is 0 Å². The summed E-state index contributed by atoms with van der Waals surface area (Å²) in [4.78, 5) is 10.5. The molecular weight excluding hydrogens is 227 g/mol. The molecule has 0 aliphatic heterocycles. The third-order valence-electron chi connectivity index (χ3n) is 1.53. The number of ketones is 1. The molecule has 0 aliphatic rings. The van der Waals surface area contributed by atoms with Crippen LogP contribution in [0.15, 0.2) is 0 Å². The van der Waals surface area contributed by atoms with Crippen molar-refractivity contribution in [2.24, 2.45) is 5.73 Å². The molecule has 0 aliphatic carbocycles. The number of rotatable bonds is 5. The average Bonchev–Trinajstić information content (AvgIpc) is 1.88. The molecule has 0 saturated carbocycles. The van der Waals surface area contributed by atoms with Crippen LogP contribution in [0.4, 0.5) is 0 Å². The van der Waals surface area contributed by atoms with Gasteiger partial charge in [0.2, 0.25) is 0 Å². The first-order valence-corrected chi connectivity index (χ1v) is 3.80. The summed E-state index contributed by atoms with van der Waals surface area (Å²) in [6.07, 6.45) is 4.15. The minimum absolute atomic E-state index is 0. The second kappa shape index (κ2) is 11.6. The largest absolute Gasteiger partial charge is 0.358 e. The maximum atomic E-state index is 10.5. The fraction of sp³-hybridized carbons (Fsp3) is 0.667. The van der Waals surface area contributed by atoms with Gasteiger partial charge in [-0.05, 0) is 6.42 Å². The molecule has 1 radical (unpaired) electrons. The Kier molecular flexibility index (Phi) is 17.8. The zero-order valence-corrected chi connectivity index (χ0v) is 11.0. The van der Waals surface area contributed by atoms with Gasteiger partial charge in [-0.25, -0.2) is 0 Å². The normalized spacial score (nSPS) is 10.8. The molecule has 0 aromatic carbocycles. The van der Waals surface area contributed by atoms with Gasteiger partial charge in [-0.15, -0.1) is 0 Å². The Balaban J connectivity index is -0.000000405. The molecule has 3 heteroatoms. The fourth-order valence-electron chi connectivity index (χ4n) is 0.775. The van der Waals surface area contributed by atoms with E-state index in [0.717, 1.165) is 25.7 Å². The van der Waals surface area contributed by atoms with Gasteiger partial charge in [0.25, 0.3) is 0 Å². The van der Waals surface area contributed by atoms with Gasteiger partial charge in [-0.1, -0.05) is 26.2 Å². The molecule has 71 valence electrons. The van der Waals surface area contributed by atoms with E-state index < -0.39 is 0 Å². The molecule has 12 heavy (non-hydrogen) atoms. The zero-order valence-electron chi connectivity index (χ0n) is 8.18. The van der Waals surface area contributed by atoms with Gasteiger partial charge in [-0.2, -0.15) is 0 Å². The second-order valence-electron chi connectivity index (χ2n) is 2.57. The Morgan fingerprint density at radius 1 is 1.50 bits per heavy atom. The number of Topliss-reactive ketones (excluding diaryl/α,β-unsaturated/α-hetero) is 1. The Bertz CT molecular complexity index is 107. The number of hydrogen-bond donors (Lipinski definition) is 1. The quantitative estimate of drug-likeness (QED) is 0.593. The van der Waals surface area contributed by atoms with E-state index in [0.29, 0.717) is 0 Å². The van der Waals surface area contributed by atoms with Gasteiger partial charge in [0.1, 0.15) is 0 Å². The molecule has 0 rings (SSSR count). The zero-order chi connectivity index (χ0) is 7.98. The van der Waals surface area contributed by atoms with Gasteiger partial charge in [0.05, 0.1) is 0 Å². The molecular formula is C9H19NOY-2. The van der Waals surface area contributed by atoms with Crippen LogP contribution in [0.5, 0.6) is 0 Å². The minimum atomic E-state index is -0.327. The molecule has 0 aromatic rings. The molecule has 0 saturated heterocycles. The summed E-state index contributed by atoms with van der Waals surface area (Å²) in [5.74, 6) is -0.142. The van der Waals surface area contributed by atoms with Crippen molar-refractivity contribution in [3.8, 4) is 0 Å². The second-order valence-corrected chi connectivity index (χ2v) is 2.57. The third-order valence-corrected chi connectivity index (χ3v) is 1.53. The average molecular weight is 246 g/mol. The number of unbranched alkanes of at least 4 members (excludes halogenated alkanes) is 2. The van der Waals surface area contributed by atoms with Crippen LogP contribution in [0.1, 0.15) is 32.6 Å². The maximum Gasteiger partial charge on any atom is 0.0342 e. The molecule has 2 N–H and O–H groups in total. The predicted octanol–water partition coefficient (Wildman–Crippen LogP) is 1.74. The van der Waals surface area contributed by atoms with Crippen LogP contribution in [0, 0.1) is 14.4 Å². The summed E-state index contributed by atoms with van der Waals surface area (Å²) >= 11 is 0. The minimum Gasteiger partial charge on any atom is -0.358 e. The summed E-state index contributed by atoms with van der Waals surface area (Å²) in [6, 6.07) is -0.327. The Morgan fingerprint density at radius 3 is 2.33 bits per heavy atom. The summed E-state index contributed by atoms with van der Waals surface area (Å²) in [6.45, 7) is 5.38. The maximum absolute atomic E-state index is 10.5. The number of carbonyl (C=O) groups excluding carboxylic acids is 1. The standard InChI is InChI=1S/C8H16NO.CH3.Y/c1-3-4-5-6-8(9)7(2)10;;/h8H,2-6,9H2,1H3;1H3;/q2*-1;/t8-;;/m0../s1. The van der Waals surface area contributed by atoms with Crippen molar-refractivity contribution in [1.29, 1.82) is 0 Å². The Morgan fingerprint density at radius 2 is 2.00 bits per heavy atom. The predicted molar refractivity (Wildman–Crippen MR) is 48.9 cm³/mol. The Labute approximate surface area is 102 Å². The van der Waals surface area contributed by atoms with E-state index in [1.165, 1.54) is 0 Å². The smallest absolute Gasteiger partial charge is 0.0342 e. The van der Waals surface area contributed by atoms with Crippen molar-refractivity contribution in [2.45, 2.75) is 38.6 Å². The van der Waals surface area contributed by atoms with Crippen molar-refractivity contribution in [3.63, 3.8) is 0 Å². The van der Waals surface area contributed by atoms with Crippen molar-refractivity contribution in [2.75, 3.05) is 0 Å². The van der Waals surface area contributed by atoms with E-state index >= 15 is 0 Å². The van der Waals surface area contributed by atoms with Crippen LogP contribution >= 0.6 is 0 Å². The molecule has 0 fully saturated rings. The van der Waals surface area contributed by atoms with Crippen molar-refractivity contribution < 1.29 is 37.5 Å². The molecule has 0 heterocycles. The summed E-state index contributed by atoms with van der Waals surface area (Å²) in [5.41, 5.74) is 5.45. The first-order valence-electron chi connectivity index (χ1n) is 3.80.